The monoisotopic (exact) mass is 185 g/mol. The van der Waals surface area contributed by atoms with Crippen molar-refractivity contribution in [1.82, 2.24) is 0 Å². The molecular weight excluding hydrogens is 170 g/mol. The van der Waals surface area contributed by atoms with Crippen LogP contribution in [-0.4, -0.2) is 24.7 Å². The number of isocyanates is 1. The summed E-state index contributed by atoms with van der Waals surface area (Å²) in [4.78, 5) is 24.8. The second-order valence-electron chi connectivity index (χ2n) is 3.74. The third-order valence-corrected chi connectivity index (χ3v) is 1.51. The Morgan fingerprint density at radius 1 is 1.54 bits per heavy atom. The van der Waals surface area contributed by atoms with Gasteiger partial charge in [-0.3, -0.25) is 0 Å². The van der Waals surface area contributed by atoms with Crippen LogP contribution in [0.25, 0.3) is 0 Å². The summed E-state index contributed by atoms with van der Waals surface area (Å²) < 4.78 is 4.77. The van der Waals surface area contributed by atoms with Crippen molar-refractivity contribution in [3.63, 3.8) is 0 Å². The van der Waals surface area contributed by atoms with Crippen molar-refractivity contribution < 1.29 is 14.3 Å². The van der Waals surface area contributed by atoms with Gasteiger partial charge in [-0.15, -0.1) is 0 Å². The van der Waals surface area contributed by atoms with Crippen molar-refractivity contribution in [1.29, 1.82) is 0 Å². The fourth-order valence-corrected chi connectivity index (χ4v) is 0.874. The van der Waals surface area contributed by atoms with E-state index in [0.29, 0.717) is 6.61 Å². The van der Waals surface area contributed by atoms with E-state index in [-0.39, 0.29) is 0 Å². The van der Waals surface area contributed by atoms with Crippen LogP contribution in [0.3, 0.4) is 0 Å². The molecule has 0 heterocycles. The van der Waals surface area contributed by atoms with Gasteiger partial charge in [-0.2, -0.15) is 4.99 Å². The molecule has 0 aromatic carbocycles. The zero-order valence-electron chi connectivity index (χ0n) is 8.46. The molecule has 0 spiro atoms. The molecule has 4 heteroatoms. The first-order valence-electron chi connectivity index (χ1n) is 4.17. The molecule has 0 saturated heterocycles. The van der Waals surface area contributed by atoms with Gasteiger partial charge in [0.25, 0.3) is 0 Å². The largest absolute Gasteiger partial charge is 0.464 e. The quantitative estimate of drug-likeness (QED) is 0.378. The molecule has 74 valence electrons. The zero-order chi connectivity index (χ0) is 10.5. The Hall–Kier alpha value is -1.15. The maximum absolute atomic E-state index is 11.3. The number of carbonyl (C=O) groups is 1. The molecule has 13 heavy (non-hydrogen) atoms. The summed E-state index contributed by atoms with van der Waals surface area (Å²) in [5, 5.41) is 0. The first kappa shape index (κ1) is 11.8. The first-order valence-corrected chi connectivity index (χ1v) is 4.17. The van der Waals surface area contributed by atoms with Gasteiger partial charge < -0.3 is 4.74 Å². The van der Waals surface area contributed by atoms with Gasteiger partial charge in [0, 0.05) is 0 Å². The highest BCUT2D eigenvalue weighted by atomic mass is 16.5. The Kier molecular flexibility index (Phi) is 4.35. The molecule has 0 aliphatic rings. The minimum Gasteiger partial charge on any atom is -0.464 e. The molecule has 0 aliphatic heterocycles. The first-order chi connectivity index (χ1) is 5.93. The van der Waals surface area contributed by atoms with Crippen molar-refractivity contribution in [3.05, 3.63) is 0 Å². The van der Waals surface area contributed by atoms with Gasteiger partial charge in [-0.05, 0) is 12.3 Å². The van der Waals surface area contributed by atoms with Gasteiger partial charge >= 0.3 is 5.97 Å². The minimum absolute atomic E-state index is 0.291. The van der Waals surface area contributed by atoms with Crippen LogP contribution in [0.1, 0.15) is 27.7 Å². The SMILES string of the molecule is CCOC(=O)C(N=C=O)C(C)(C)C. The molecule has 0 fully saturated rings. The summed E-state index contributed by atoms with van der Waals surface area (Å²) in [6.07, 6.45) is 1.39. The highest BCUT2D eigenvalue weighted by molar-refractivity contribution is 5.77. The van der Waals surface area contributed by atoms with E-state index in [1.165, 1.54) is 6.08 Å². The number of esters is 1. The minimum atomic E-state index is -0.759. The number of nitrogens with zero attached hydrogens (tertiary/aromatic N) is 1. The number of rotatable bonds is 3. The molecule has 0 saturated carbocycles. The summed E-state index contributed by atoms with van der Waals surface area (Å²) in [6.45, 7) is 7.45. The van der Waals surface area contributed by atoms with Gasteiger partial charge in [0.2, 0.25) is 6.08 Å². The molecule has 1 atom stereocenters. The van der Waals surface area contributed by atoms with Crippen LogP contribution in [0, 0.1) is 5.41 Å². The Bertz CT molecular complexity index is 224. The van der Waals surface area contributed by atoms with Crippen molar-refractivity contribution in [2.75, 3.05) is 6.61 Å². The van der Waals surface area contributed by atoms with Crippen LogP contribution in [0.15, 0.2) is 4.99 Å². The summed E-state index contributed by atoms with van der Waals surface area (Å²) in [6, 6.07) is -0.759. The topological polar surface area (TPSA) is 55.7 Å². The normalized spacial score (nSPS) is 12.9. The predicted octanol–water partition coefficient (Wildman–Crippen LogP) is 1.30. The lowest BCUT2D eigenvalue weighted by atomic mass is 9.87. The van der Waals surface area contributed by atoms with Gasteiger partial charge in [-0.25, -0.2) is 9.59 Å². The van der Waals surface area contributed by atoms with Crippen molar-refractivity contribution in [3.8, 4) is 0 Å². The second-order valence-corrected chi connectivity index (χ2v) is 3.74. The van der Waals surface area contributed by atoms with Crippen molar-refractivity contribution >= 4 is 12.0 Å². The van der Waals surface area contributed by atoms with E-state index < -0.39 is 17.4 Å². The molecule has 0 aliphatic carbocycles. The summed E-state index contributed by atoms with van der Waals surface area (Å²) in [7, 11) is 0. The van der Waals surface area contributed by atoms with E-state index in [1.807, 2.05) is 20.8 Å². The van der Waals surface area contributed by atoms with Crippen LogP contribution >= 0.6 is 0 Å². The van der Waals surface area contributed by atoms with Crippen LogP contribution in [0.4, 0.5) is 0 Å². The van der Waals surface area contributed by atoms with E-state index in [9.17, 15) is 9.59 Å². The fourth-order valence-electron chi connectivity index (χ4n) is 0.874. The average molecular weight is 185 g/mol. The Labute approximate surface area is 78.0 Å². The van der Waals surface area contributed by atoms with Crippen LogP contribution < -0.4 is 0 Å². The third-order valence-electron chi connectivity index (χ3n) is 1.51. The Morgan fingerprint density at radius 3 is 2.38 bits per heavy atom. The fraction of sp³-hybridized carbons (Fsp3) is 0.778. The van der Waals surface area contributed by atoms with Crippen molar-refractivity contribution in [2.24, 2.45) is 10.4 Å². The number of ether oxygens (including phenoxy) is 1. The standard InChI is InChI=1S/C9H15NO3/c1-5-13-8(12)7(10-6-11)9(2,3)4/h7H,5H2,1-4H3. The number of hydrogen-bond acceptors (Lipinski definition) is 4. The number of aliphatic imine (C=N–C) groups is 1. The lowest BCUT2D eigenvalue weighted by Crippen LogP contribution is -2.34. The van der Waals surface area contributed by atoms with Gasteiger partial charge in [0.15, 0.2) is 6.04 Å². The highest BCUT2D eigenvalue weighted by Gasteiger charge is 2.32. The number of hydrogen-bond donors (Lipinski definition) is 0. The predicted molar refractivity (Wildman–Crippen MR) is 48.0 cm³/mol. The maximum Gasteiger partial charge on any atom is 0.332 e. The lowest BCUT2D eigenvalue weighted by Gasteiger charge is -2.23. The maximum atomic E-state index is 11.3. The van der Waals surface area contributed by atoms with E-state index in [4.69, 9.17) is 4.74 Å². The van der Waals surface area contributed by atoms with Gasteiger partial charge in [0.1, 0.15) is 0 Å². The second kappa shape index (κ2) is 4.77. The Balaban J connectivity index is 4.61. The third kappa shape index (κ3) is 3.85. The molecule has 1 unspecified atom stereocenters. The molecule has 0 rings (SSSR count). The summed E-state index contributed by atoms with van der Waals surface area (Å²) in [5.74, 6) is -0.474. The van der Waals surface area contributed by atoms with Crippen LogP contribution in [0.5, 0.6) is 0 Å². The van der Waals surface area contributed by atoms with Crippen molar-refractivity contribution in [2.45, 2.75) is 33.7 Å². The molecule has 0 aromatic heterocycles. The molecule has 0 amide bonds. The van der Waals surface area contributed by atoms with Gasteiger partial charge in [-0.1, -0.05) is 20.8 Å². The average Bonchev–Trinajstić information content (AvgIpc) is 1.98. The van der Waals surface area contributed by atoms with E-state index in [2.05, 4.69) is 4.99 Å². The van der Waals surface area contributed by atoms with Crippen LogP contribution in [0.2, 0.25) is 0 Å². The number of carbonyl (C=O) groups excluding carboxylic acids is 2. The van der Waals surface area contributed by atoms with Crippen LogP contribution in [-0.2, 0) is 14.3 Å². The molecule has 0 bridgehead atoms. The molecule has 0 aromatic rings. The van der Waals surface area contributed by atoms with Gasteiger partial charge in [0.05, 0.1) is 6.61 Å². The van der Waals surface area contributed by atoms with E-state index >= 15 is 0 Å². The smallest absolute Gasteiger partial charge is 0.332 e. The summed E-state index contributed by atoms with van der Waals surface area (Å²) >= 11 is 0. The zero-order valence-corrected chi connectivity index (χ0v) is 8.46. The molecular formula is C9H15NO3. The molecule has 0 N–H and O–H groups in total. The molecule has 4 nitrogen and oxygen atoms in total. The van der Waals surface area contributed by atoms with E-state index in [1.54, 1.807) is 6.92 Å². The summed E-state index contributed by atoms with van der Waals surface area (Å²) in [5.41, 5.74) is -0.413. The lowest BCUT2D eigenvalue weighted by molar-refractivity contribution is -0.147. The highest BCUT2D eigenvalue weighted by Crippen LogP contribution is 2.22. The van der Waals surface area contributed by atoms with E-state index in [0.717, 1.165) is 0 Å². The molecule has 0 radical (unpaired) electrons. The Morgan fingerprint density at radius 2 is 2.08 bits per heavy atom.